The minimum absolute atomic E-state index is 0.0806. The van der Waals surface area contributed by atoms with Gasteiger partial charge in [-0.25, -0.2) is 4.98 Å². The molecule has 1 saturated heterocycles. The molecule has 122 valence electrons. The van der Waals surface area contributed by atoms with Crippen molar-refractivity contribution in [2.24, 2.45) is 0 Å². The number of hydrogen-bond donors (Lipinski definition) is 0. The second-order valence-corrected chi connectivity index (χ2v) is 6.20. The molecule has 1 amide bonds. The van der Waals surface area contributed by atoms with Crippen LogP contribution in [0.25, 0.3) is 11.0 Å². The molecule has 0 atom stereocenters. The summed E-state index contributed by atoms with van der Waals surface area (Å²) in [5.74, 6) is 1.23. The molecule has 0 unspecified atom stereocenters. The average Bonchev–Trinajstić information content (AvgIpc) is 3.05. The molecule has 3 heterocycles. The monoisotopic (exact) mass is 341 g/mol. The third-order valence-electron chi connectivity index (χ3n) is 4.23. The summed E-state index contributed by atoms with van der Waals surface area (Å²) in [4.78, 5) is 21.0. The number of nitrogens with zero attached hydrogens (tertiary/aromatic N) is 3. The molecule has 0 bridgehead atoms. The molecule has 0 radical (unpaired) electrons. The van der Waals surface area contributed by atoms with Crippen LogP contribution in [0.1, 0.15) is 10.6 Å². The van der Waals surface area contributed by atoms with Crippen LogP contribution in [-0.4, -0.2) is 42.0 Å². The van der Waals surface area contributed by atoms with E-state index >= 15 is 0 Å². The molecule has 0 saturated carbocycles. The zero-order chi connectivity index (χ0) is 16.5. The van der Waals surface area contributed by atoms with Gasteiger partial charge in [0.15, 0.2) is 5.76 Å². The van der Waals surface area contributed by atoms with E-state index in [1.165, 1.54) is 0 Å². The Balaban J connectivity index is 1.47. The van der Waals surface area contributed by atoms with Gasteiger partial charge >= 0.3 is 0 Å². The van der Waals surface area contributed by atoms with Gasteiger partial charge in [-0.3, -0.25) is 4.79 Å². The van der Waals surface area contributed by atoms with Crippen LogP contribution in [0.5, 0.6) is 0 Å². The molecule has 4 rings (SSSR count). The number of carbonyl (C=O) groups excluding carboxylic acids is 1. The molecule has 2 aromatic heterocycles. The second kappa shape index (κ2) is 6.17. The molecule has 1 aliphatic heterocycles. The maximum Gasteiger partial charge on any atom is 0.289 e. The average molecular weight is 342 g/mol. The standard InChI is InChI=1S/C18H16ClN3O2/c19-14-4-5-15-13(11-14)12-16(24-15)18(23)22-9-7-21(8-10-22)17-3-1-2-6-20-17/h1-6,11-12H,7-10H2. The molecule has 0 N–H and O–H groups in total. The lowest BCUT2D eigenvalue weighted by Gasteiger charge is -2.34. The van der Waals surface area contributed by atoms with E-state index < -0.39 is 0 Å². The maximum absolute atomic E-state index is 12.7. The first kappa shape index (κ1) is 15.0. The first-order valence-corrected chi connectivity index (χ1v) is 8.23. The van der Waals surface area contributed by atoms with Crippen LogP contribution >= 0.6 is 11.6 Å². The van der Waals surface area contributed by atoms with Gasteiger partial charge in [0.1, 0.15) is 11.4 Å². The second-order valence-electron chi connectivity index (χ2n) is 5.76. The van der Waals surface area contributed by atoms with E-state index in [0.29, 0.717) is 29.5 Å². The highest BCUT2D eigenvalue weighted by molar-refractivity contribution is 6.31. The highest BCUT2D eigenvalue weighted by Crippen LogP contribution is 2.24. The van der Waals surface area contributed by atoms with Gasteiger partial charge in [-0.15, -0.1) is 0 Å². The fourth-order valence-electron chi connectivity index (χ4n) is 2.95. The Morgan fingerprint density at radius 1 is 1.08 bits per heavy atom. The third kappa shape index (κ3) is 2.83. The van der Waals surface area contributed by atoms with Crippen molar-refractivity contribution in [3.8, 4) is 0 Å². The molecular formula is C18H16ClN3O2. The summed E-state index contributed by atoms with van der Waals surface area (Å²) < 4.78 is 5.67. The zero-order valence-electron chi connectivity index (χ0n) is 13.0. The van der Waals surface area contributed by atoms with E-state index in [2.05, 4.69) is 9.88 Å². The number of hydrogen-bond acceptors (Lipinski definition) is 4. The summed E-state index contributed by atoms with van der Waals surface area (Å²) in [6.07, 6.45) is 1.78. The summed E-state index contributed by atoms with van der Waals surface area (Å²) in [5, 5.41) is 1.48. The van der Waals surface area contributed by atoms with Gasteiger partial charge in [-0.2, -0.15) is 0 Å². The number of rotatable bonds is 2. The lowest BCUT2D eigenvalue weighted by molar-refractivity contribution is 0.0717. The summed E-state index contributed by atoms with van der Waals surface area (Å²) in [6, 6.07) is 13.0. The number of fused-ring (bicyclic) bond motifs is 1. The predicted molar refractivity (Wildman–Crippen MR) is 93.6 cm³/mol. The highest BCUT2D eigenvalue weighted by atomic mass is 35.5. The van der Waals surface area contributed by atoms with Gasteiger partial charge in [-0.05, 0) is 36.4 Å². The third-order valence-corrected chi connectivity index (χ3v) is 4.46. The molecule has 1 fully saturated rings. The Labute approximate surface area is 144 Å². The number of benzene rings is 1. The van der Waals surface area contributed by atoms with Gasteiger partial charge < -0.3 is 14.2 Å². The molecule has 1 aromatic carbocycles. The Kier molecular flexibility index (Phi) is 3.86. The van der Waals surface area contributed by atoms with E-state index in [1.807, 2.05) is 23.1 Å². The van der Waals surface area contributed by atoms with Gasteiger partial charge in [0.2, 0.25) is 0 Å². The van der Waals surface area contributed by atoms with Crippen molar-refractivity contribution in [1.82, 2.24) is 9.88 Å². The Hall–Kier alpha value is -2.53. The molecule has 6 heteroatoms. The van der Waals surface area contributed by atoms with Crippen molar-refractivity contribution in [3.05, 3.63) is 59.4 Å². The van der Waals surface area contributed by atoms with Crippen LogP contribution in [0.3, 0.4) is 0 Å². The first-order chi connectivity index (χ1) is 11.7. The summed E-state index contributed by atoms with van der Waals surface area (Å²) in [6.45, 7) is 2.81. The van der Waals surface area contributed by atoms with E-state index in [4.69, 9.17) is 16.0 Å². The lowest BCUT2D eigenvalue weighted by atomic mass is 10.2. The van der Waals surface area contributed by atoms with Crippen LogP contribution in [0.2, 0.25) is 5.02 Å². The van der Waals surface area contributed by atoms with E-state index in [1.54, 1.807) is 30.5 Å². The van der Waals surface area contributed by atoms with Crippen molar-refractivity contribution >= 4 is 34.3 Å². The first-order valence-electron chi connectivity index (χ1n) is 7.85. The van der Waals surface area contributed by atoms with Gasteiger partial charge in [0, 0.05) is 42.8 Å². The number of anilines is 1. The summed E-state index contributed by atoms with van der Waals surface area (Å²) in [7, 11) is 0. The minimum Gasteiger partial charge on any atom is -0.451 e. The molecule has 0 spiro atoms. The molecule has 1 aliphatic rings. The fraction of sp³-hybridized carbons (Fsp3) is 0.222. The SMILES string of the molecule is O=C(c1cc2cc(Cl)ccc2o1)N1CCN(c2ccccn2)CC1. The largest absolute Gasteiger partial charge is 0.451 e. The zero-order valence-corrected chi connectivity index (χ0v) is 13.7. The molecule has 5 nitrogen and oxygen atoms in total. The summed E-state index contributed by atoms with van der Waals surface area (Å²) in [5.41, 5.74) is 0.676. The van der Waals surface area contributed by atoms with Crippen molar-refractivity contribution in [2.45, 2.75) is 0 Å². The minimum atomic E-state index is -0.0806. The van der Waals surface area contributed by atoms with E-state index in [9.17, 15) is 4.79 Å². The van der Waals surface area contributed by atoms with Crippen LogP contribution in [-0.2, 0) is 0 Å². The Morgan fingerprint density at radius 2 is 1.92 bits per heavy atom. The van der Waals surface area contributed by atoms with Crippen molar-refractivity contribution in [2.75, 3.05) is 31.1 Å². The van der Waals surface area contributed by atoms with Gasteiger partial charge in [0.05, 0.1) is 0 Å². The Bertz CT molecular complexity index is 870. The number of piperazine rings is 1. The number of amides is 1. The van der Waals surface area contributed by atoms with Crippen molar-refractivity contribution in [3.63, 3.8) is 0 Å². The van der Waals surface area contributed by atoms with Gasteiger partial charge in [0.25, 0.3) is 5.91 Å². The van der Waals surface area contributed by atoms with E-state index in [0.717, 1.165) is 24.3 Å². The van der Waals surface area contributed by atoms with Crippen molar-refractivity contribution < 1.29 is 9.21 Å². The normalized spacial score (nSPS) is 15.0. The van der Waals surface area contributed by atoms with Gasteiger partial charge in [-0.1, -0.05) is 17.7 Å². The number of furan rings is 1. The van der Waals surface area contributed by atoms with Crippen LogP contribution in [0.4, 0.5) is 5.82 Å². The molecule has 3 aromatic rings. The smallest absolute Gasteiger partial charge is 0.289 e. The fourth-order valence-corrected chi connectivity index (χ4v) is 3.14. The number of pyridine rings is 1. The highest BCUT2D eigenvalue weighted by Gasteiger charge is 2.25. The predicted octanol–water partition coefficient (Wildman–Crippen LogP) is 3.44. The quantitative estimate of drug-likeness (QED) is 0.716. The van der Waals surface area contributed by atoms with Crippen LogP contribution < -0.4 is 4.90 Å². The number of halogens is 1. The summed E-state index contributed by atoms with van der Waals surface area (Å²) >= 11 is 5.98. The molecule has 0 aliphatic carbocycles. The van der Waals surface area contributed by atoms with E-state index in [-0.39, 0.29) is 5.91 Å². The Morgan fingerprint density at radius 3 is 2.67 bits per heavy atom. The van der Waals surface area contributed by atoms with Crippen LogP contribution in [0, 0.1) is 0 Å². The maximum atomic E-state index is 12.7. The topological polar surface area (TPSA) is 49.6 Å². The number of aromatic nitrogens is 1. The van der Waals surface area contributed by atoms with Crippen molar-refractivity contribution in [1.29, 1.82) is 0 Å². The molecule has 24 heavy (non-hydrogen) atoms. The molecular weight excluding hydrogens is 326 g/mol. The number of carbonyl (C=O) groups is 1. The van der Waals surface area contributed by atoms with Crippen LogP contribution in [0.15, 0.2) is 53.1 Å². The lowest BCUT2D eigenvalue weighted by Crippen LogP contribution is -2.49.